The third kappa shape index (κ3) is 2.87. The van der Waals surface area contributed by atoms with Gasteiger partial charge in [0.15, 0.2) is 0 Å². The molecule has 1 unspecified atom stereocenters. The van der Waals surface area contributed by atoms with Crippen molar-refractivity contribution in [3.05, 3.63) is 69.8 Å². The summed E-state index contributed by atoms with van der Waals surface area (Å²) in [5.41, 5.74) is 6.86. The van der Waals surface area contributed by atoms with E-state index in [0.29, 0.717) is 0 Å². The van der Waals surface area contributed by atoms with E-state index in [1.807, 2.05) is 12.1 Å². The zero-order valence-corrected chi connectivity index (χ0v) is 12.2. The lowest BCUT2D eigenvalue weighted by Gasteiger charge is -2.18. The minimum atomic E-state index is -0.536. The van der Waals surface area contributed by atoms with Crippen molar-refractivity contribution in [1.82, 2.24) is 0 Å². The zero-order valence-electron chi connectivity index (χ0n) is 12.2. The van der Waals surface area contributed by atoms with Crippen LogP contribution < -0.4 is 0 Å². The van der Waals surface area contributed by atoms with E-state index >= 15 is 0 Å². The van der Waals surface area contributed by atoms with E-state index in [4.69, 9.17) is 0 Å². The van der Waals surface area contributed by atoms with Gasteiger partial charge in [-0.05, 0) is 55.0 Å². The van der Waals surface area contributed by atoms with Crippen LogP contribution >= 0.6 is 0 Å². The van der Waals surface area contributed by atoms with Crippen molar-refractivity contribution in [2.75, 3.05) is 0 Å². The van der Waals surface area contributed by atoms with Gasteiger partial charge in [0.1, 0.15) is 6.10 Å². The molecule has 0 fully saturated rings. The summed E-state index contributed by atoms with van der Waals surface area (Å²) in [5, 5.41) is 10.6. The van der Waals surface area contributed by atoms with Crippen molar-refractivity contribution in [2.45, 2.75) is 40.2 Å². The van der Waals surface area contributed by atoms with Crippen molar-refractivity contribution >= 4 is 0 Å². The molecule has 19 heavy (non-hydrogen) atoms. The molecule has 0 aliphatic rings. The van der Waals surface area contributed by atoms with Gasteiger partial charge in [-0.25, -0.2) is 0 Å². The summed E-state index contributed by atoms with van der Waals surface area (Å²) in [7, 11) is 0. The van der Waals surface area contributed by atoms with Crippen LogP contribution in [0.3, 0.4) is 0 Å². The molecule has 0 bridgehead atoms. The third-order valence-electron chi connectivity index (χ3n) is 3.72. The Hall–Kier alpha value is -1.60. The predicted molar refractivity (Wildman–Crippen MR) is 80.5 cm³/mol. The average molecular weight is 254 g/mol. The molecular weight excluding hydrogens is 232 g/mol. The Kier molecular flexibility index (Phi) is 4.06. The summed E-state index contributed by atoms with van der Waals surface area (Å²) in [4.78, 5) is 0. The van der Waals surface area contributed by atoms with E-state index in [2.05, 4.69) is 52.0 Å². The first-order chi connectivity index (χ1) is 9.02. The monoisotopic (exact) mass is 254 g/mol. The molecule has 2 rings (SSSR count). The first-order valence-corrected chi connectivity index (χ1v) is 6.87. The first-order valence-electron chi connectivity index (χ1n) is 6.87. The number of hydrogen-bond acceptors (Lipinski definition) is 1. The third-order valence-corrected chi connectivity index (χ3v) is 3.72. The minimum absolute atomic E-state index is 0.536. The van der Waals surface area contributed by atoms with E-state index in [9.17, 15) is 5.11 Å². The van der Waals surface area contributed by atoms with Gasteiger partial charge in [-0.1, -0.05) is 48.9 Å². The van der Waals surface area contributed by atoms with Gasteiger partial charge in [0.25, 0.3) is 0 Å². The van der Waals surface area contributed by atoms with Crippen molar-refractivity contribution in [3.63, 3.8) is 0 Å². The smallest absolute Gasteiger partial charge is 0.105 e. The van der Waals surface area contributed by atoms with Crippen LogP contribution in [-0.4, -0.2) is 5.11 Å². The largest absolute Gasteiger partial charge is 0.384 e. The van der Waals surface area contributed by atoms with Crippen LogP contribution in [-0.2, 0) is 6.42 Å². The average Bonchev–Trinajstić information content (AvgIpc) is 2.37. The fraction of sp³-hybridized carbons (Fsp3) is 0.333. The molecule has 1 heteroatoms. The summed E-state index contributed by atoms with van der Waals surface area (Å²) in [6.45, 7) is 8.36. The quantitative estimate of drug-likeness (QED) is 0.868. The Labute approximate surface area is 115 Å². The molecule has 2 aromatic carbocycles. The van der Waals surface area contributed by atoms with Gasteiger partial charge < -0.3 is 5.11 Å². The van der Waals surface area contributed by atoms with Crippen molar-refractivity contribution in [3.8, 4) is 0 Å². The Morgan fingerprint density at radius 2 is 1.47 bits per heavy atom. The number of benzene rings is 2. The summed E-state index contributed by atoms with van der Waals surface area (Å²) < 4.78 is 0. The summed E-state index contributed by atoms with van der Waals surface area (Å²) >= 11 is 0. The molecule has 0 radical (unpaired) electrons. The lowest BCUT2D eigenvalue weighted by atomic mass is 9.91. The number of aliphatic hydroxyl groups is 1. The zero-order chi connectivity index (χ0) is 14.0. The SMILES string of the molecule is CCc1ccc(C(O)c2c(C)cc(C)cc2C)cc1. The van der Waals surface area contributed by atoms with E-state index in [0.717, 1.165) is 28.7 Å². The molecule has 1 atom stereocenters. The van der Waals surface area contributed by atoms with Gasteiger partial charge in [-0.15, -0.1) is 0 Å². The Morgan fingerprint density at radius 3 is 1.95 bits per heavy atom. The predicted octanol–water partition coefficient (Wildman–Crippen LogP) is 4.26. The van der Waals surface area contributed by atoms with E-state index in [1.165, 1.54) is 11.1 Å². The number of rotatable bonds is 3. The Morgan fingerprint density at radius 1 is 0.947 bits per heavy atom. The highest BCUT2D eigenvalue weighted by molar-refractivity contribution is 5.43. The standard InChI is InChI=1S/C18H22O/c1-5-15-6-8-16(9-7-15)18(19)17-13(3)10-12(2)11-14(17)4/h6-11,18-19H,5H2,1-4H3. The van der Waals surface area contributed by atoms with Crippen LogP contribution in [0.4, 0.5) is 0 Å². The molecule has 0 amide bonds. The second-order valence-electron chi connectivity index (χ2n) is 5.31. The molecule has 0 saturated heterocycles. The van der Waals surface area contributed by atoms with Crippen LogP contribution in [0.25, 0.3) is 0 Å². The number of aryl methyl sites for hydroxylation is 4. The van der Waals surface area contributed by atoms with E-state index in [-0.39, 0.29) is 0 Å². The summed E-state index contributed by atoms with van der Waals surface area (Å²) in [6.07, 6.45) is 0.491. The Balaban J connectivity index is 2.40. The molecule has 0 aliphatic carbocycles. The highest BCUT2D eigenvalue weighted by atomic mass is 16.3. The molecule has 1 nitrogen and oxygen atoms in total. The normalized spacial score (nSPS) is 12.5. The van der Waals surface area contributed by atoms with Gasteiger partial charge in [-0.2, -0.15) is 0 Å². The van der Waals surface area contributed by atoms with Crippen LogP contribution in [0.15, 0.2) is 36.4 Å². The maximum absolute atomic E-state index is 10.6. The van der Waals surface area contributed by atoms with E-state index < -0.39 is 6.10 Å². The molecule has 100 valence electrons. The number of aliphatic hydroxyl groups excluding tert-OH is 1. The first kappa shape index (κ1) is 13.8. The van der Waals surface area contributed by atoms with Crippen LogP contribution in [0.5, 0.6) is 0 Å². The van der Waals surface area contributed by atoms with Crippen molar-refractivity contribution < 1.29 is 5.11 Å². The fourth-order valence-electron chi connectivity index (χ4n) is 2.72. The number of hydrogen-bond donors (Lipinski definition) is 1. The van der Waals surface area contributed by atoms with Gasteiger partial charge in [0, 0.05) is 0 Å². The van der Waals surface area contributed by atoms with Gasteiger partial charge in [-0.3, -0.25) is 0 Å². The second-order valence-corrected chi connectivity index (χ2v) is 5.31. The summed E-state index contributed by atoms with van der Waals surface area (Å²) in [5.74, 6) is 0. The van der Waals surface area contributed by atoms with Crippen LogP contribution in [0.2, 0.25) is 0 Å². The van der Waals surface area contributed by atoms with Gasteiger partial charge in [0.2, 0.25) is 0 Å². The minimum Gasteiger partial charge on any atom is -0.384 e. The van der Waals surface area contributed by atoms with Crippen LogP contribution in [0.1, 0.15) is 46.4 Å². The van der Waals surface area contributed by atoms with Crippen molar-refractivity contribution in [1.29, 1.82) is 0 Å². The molecule has 0 spiro atoms. The highest BCUT2D eigenvalue weighted by Crippen LogP contribution is 2.28. The molecule has 2 aromatic rings. The second kappa shape index (κ2) is 5.58. The highest BCUT2D eigenvalue weighted by Gasteiger charge is 2.15. The molecule has 1 N–H and O–H groups in total. The maximum atomic E-state index is 10.6. The van der Waals surface area contributed by atoms with Gasteiger partial charge in [0.05, 0.1) is 0 Å². The lowest BCUT2D eigenvalue weighted by Crippen LogP contribution is -2.05. The van der Waals surface area contributed by atoms with Crippen molar-refractivity contribution in [2.24, 2.45) is 0 Å². The summed E-state index contributed by atoms with van der Waals surface area (Å²) in [6, 6.07) is 12.5. The van der Waals surface area contributed by atoms with E-state index in [1.54, 1.807) is 0 Å². The fourth-order valence-corrected chi connectivity index (χ4v) is 2.72. The topological polar surface area (TPSA) is 20.2 Å². The molecule has 0 aliphatic heterocycles. The Bertz CT molecular complexity index is 544. The molecule has 0 heterocycles. The van der Waals surface area contributed by atoms with Crippen LogP contribution in [0, 0.1) is 20.8 Å². The molecular formula is C18H22O. The lowest BCUT2D eigenvalue weighted by molar-refractivity contribution is 0.218. The molecule has 0 aromatic heterocycles. The molecule has 0 saturated carbocycles. The van der Waals surface area contributed by atoms with Gasteiger partial charge >= 0.3 is 0 Å². The maximum Gasteiger partial charge on any atom is 0.105 e.